The molecular weight excluding hydrogens is 246 g/mol. The molecule has 19 heavy (non-hydrogen) atoms. The molecule has 0 aromatic heterocycles. The molecular formula is C14H15NO4. The summed E-state index contributed by atoms with van der Waals surface area (Å²) in [6.45, 7) is 3.49. The highest BCUT2D eigenvalue weighted by Crippen LogP contribution is 2.26. The average molecular weight is 261 g/mol. The smallest absolute Gasteiger partial charge is 0.344 e. The molecule has 0 bridgehead atoms. The lowest BCUT2D eigenvalue weighted by Crippen LogP contribution is -2.19. The number of carbonyl (C=O) groups is 2. The van der Waals surface area contributed by atoms with Crippen LogP contribution in [-0.2, 0) is 20.7 Å². The largest absolute Gasteiger partial charge is 0.482 e. The monoisotopic (exact) mass is 261 g/mol. The molecule has 1 aliphatic rings. The van der Waals surface area contributed by atoms with E-state index in [2.05, 4.69) is 11.9 Å². The Hall–Kier alpha value is -2.30. The summed E-state index contributed by atoms with van der Waals surface area (Å²) in [5.41, 5.74) is 1.81. The van der Waals surface area contributed by atoms with Crippen molar-refractivity contribution in [1.29, 1.82) is 0 Å². The number of hydrogen-bond acceptors (Lipinski definition) is 4. The Morgan fingerprint density at radius 1 is 1.42 bits per heavy atom. The Labute approximate surface area is 111 Å². The number of hydrogen-bond donors (Lipinski definition) is 1. The highest BCUT2D eigenvalue weighted by atomic mass is 16.6. The van der Waals surface area contributed by atoms with Crippen LogP contribution in [0.5, 0.6) is 5.75 Å². The predicted molar refractivity (Wildman–Crippen MR) is 70.0 cm³/mol. The number of rotatable bonds is 5. The van der Waals surface area contributed by atoms with Crippen molar-refractivity contribution in [2.24, 2.45) is 0 Å². The zero-order chi connectivity index (χ0) is 13.7. The zero-order valence-electron chi connectivity index (χ0n) is 10.5. The van der Waals surface area contributed by atoms with Crippen molar-refractivity contribution in [1.82, 2.24) is 0 Å². The van der Waals surface area contributed by atoms with E-state index in [0.29, 0.717) is 18.6 Å². The molecule has 1 amide bonds. The molecule has 1 aromatic carbocycles. The fourth-order valence-electron chi connectivity index (χ4n) is 1.79. The number of fused-ring (bicyclic) bond motifs is 1. The topological polar surface area (TPSA) is 64.6 Å². The van der Waals surface area contributed by atoms with E-state index in [1.807, 2.05) is 6.07 Å². The van der Waals surface area contributed by atoms with Crippen LogP contribution in [0.25, 0.3) is 0 Å². The first-order valence-corrected chi connectivity index (χ1v) is 6.01. The molecule has 5 heteroatoms. The minimum atomic E-state index is -0.439. The van der Waals surface area contributed by atoms with Gasteiger partial charge in [0.1, 0.15) is 12.4 Å². The van der Waals surface area contributed by atoms with E-state index in [4.69, 9.17) is 9.47 Å². The first-order valence-electron chi connectivity index (χ1n) is 6.01. The van der Waals surface area contributed by atoms with Crippen molar-refractivity contribution in [3.05, 3.63) is 36.4 Å². The quantitative estimate of drug-likeness (QED) is 0.647. The third kappa shape index (κ3) is 3.58. The molecule has 0 spiro atoms. The van der Waals surface area contributed by atoms with Crippen LogP contribution >= 0.6 is 0 Å². The maximum absolute atomic E-state index is 11.3. The Balaban J connectivity index is 1.93. The molecule has 2 rings (SSSR count). The van der Waals surface area contributed by atoms with Gasteiger partial charge in [-0.05, 0) is 30.2 Å². The molecule has 1 aliphatic heterocycles. The Morgan fingerprint density at radius 2 is 2.26 bits per heavy atom. The second kappa shape index (κ2) is 6.04. The zero-order valence-corrected chi connectivity index (χ0v) is 10.5. The van der Waals surface area contributed by atoms with Crippen LogP contribution in [0.1, 0.15) is 12.0 Å². The van der Waals surface area contributed by atoms with Gasteiger partial charge in [0.15, 0.2) is 6.61 Å². The van der Waals surface area contributed by atoms with Gasteiger partial charge in [0.25, 0.3) is 0 Å². The van der Waals surface area contributed by atoms with Gasteiger partial charge in [-0.1, -0.05) is 12.7 Å². The number of nitrogens with one attached hydrogen (secondary N) is 1. The summed E-state index contributed by atoms with van der Waals surface area (Å²) in [6, 6.07) is 5.32. The molecule has 0 aliphatic carbocycles. The summed E-state index contributed by atoms with van der Waals surface area (Å²) in [6.07, 6.45) is 2.65. The van der Waals surface area contributed by atoms with Gasteiger partial charge in [-0.25, -0.2) is 4.79 Å². The van der Waals surface area contributed by atoms with Gasteiger partial charge in [-0.3, -0.25) is 4.79 Å². The van der Waals surface area contributed by atoms with E-state index in [9.17, 15) is 9.59 Å². The van der Waals surface area contributed by atoms with E-state index in [1.165, 1.54) is 6.08 Å². The third-order valence-corrected chi connectivity index (χ3v) is 2.69. The molecule has 0 radical (unpaired) electrons. The number of amides is 1. The van der Waals surface area contributed by atoms with Crippen LogP contribution in [0.15, 0.2) is 30.9 Å². The molecule has 1 heterocycles. The summed E-state index contributed by atoms with van der Waals surface area (Å²) in [5.74, 6) is 0.172. The van der Waals surface area contributed by atoms with Gasteiger partial charge in [-0.15, -0.1) is 0 Å². The van der Waals surface area contributed by atoms with Gasteiger partial charge in [0, 0.05) is 12.1 Å². The average Bonchev–Trinajstić information content (AvgIpc) is 2.42. The highest BCUT2D eigenvalue weighted by molar-refractivity contribution is 5.94. The second-order valence-corrected chi connectivity index (χ2v) is 4.13. The van der Waals surface area contributed by atoms with Crippen molar-refractivity contribution in [3.63, 3.8) is 0 Å². The van der Waals surface area contributed by atoms with Crippen LogP contribution in [0.4, 0.5) is 5.69 Å². The number of carbonyl (C=O) groups excluding carboxylic acids is 2. The normalized spacial score (nSPS) is 13.2. The molecule has 0 saturated carbocycles. The molecule has 1 aromatic rings. The number of benzene rings is 1. The van der Waals surface area contributed by atoms with Gasteiger partial charge >= 0.3 is 5.97 Å². The van der Waals surface area contributed by atoms with Crippen molar-refractivity contribution in [2.75, 3.05) is 18.5 Å². The van der Waals surface area contributed by atoms with Crippen LogP contribution in [0, 0.1) is 0 Å². The number of ether oxygens (including phenoxy) is 2. The van der Waals surface area contributed by atoms with Crippen molar-refractivity contribution in [3.8, 4) is 5.75 Å². The SMILES string of the molecule is C=CCOC(=O)COc1ccc2c(c1)CCC(=O)N2. The highest BCUT2D eigenvalue weighted by Gasteiger charge is 2.15. The standard InChI is InChI=1S/C14H15NO4/c1-2-7-18-14(17)9-19-11-4-5-12-10(8-11)3-6-13(16)15-12/h2,4-5,8H,1,3,6-7,9H2,(H,15,16). The fraction of sp³-hybridized carbons (Fsp3) is 0.286. The summed E-state index contributed by atoms with van der Waals surface area (Å²) in [5, 5.41) is 2.78. The lowest BCUT2D eigenvalue weighted by molar-refractivity contribution is -0.144. The molecule has 100 valence electrons. The first-order chi connectivity index (χ1) is 9.19. The van der Waals surface area contributed by atoms with Crippen LogP contribution in [0.3, 0.4) is 0 Å². The summed E-state index contributed by atoms with van der Waals surface area (Å²) >= 11 is 0. The number of anilines is 1. The minimum Gasteiger partial charge on any atom is -0.482 e. The molecule has 0 atom stereocenters. The second-order valence-electron chi connectivity index (χ2n) is 4.13. The van der Waals surface area contributed by atoms with Crippen LogP contribution in [-0.4, -0.2) is 25.1 Å². The molecule has 5 nitrogen and oxygen atoms in total. The van der Waals surface area contributed by atoms with E-state index in [0.717, 1.165) is 11.3 Å². The predicted octanol–water partition coefficient (Wildman–Crippen LogP) is 1.68. The van der Waals surface area contributed by atoms with E-state index >= 15 is 0 Å². The van der Waals surface area contributed by atoms with Crippen molar-refractivity contribution in [2.45, 2.75) is 12.8 Å². The maximum Gasteiger partial charge on any atom is 0.344 e. The summed E-state index contributed by atoms with van der Waals surface area (Å²) in [4.78, 5) is 22.5. The Morgan fingerprint density at radius 3 is 3.05 bits per heavy atom. The fourth-order valence-corrected chi connectivity index (χ4v) is 1.79. The number of esters is 1. The molecule has 1 N–H and O–H groups in total. The van der Waals surface area contributed by atoms with Crippen LogP contribution in [0.2, 0.25) is 0 Å². The Kier molecular flexibility index (Phi) is 4.18. The van der Waals surface area contributed by atoms with E-state index < -0.39 is 5.97 Å². The summed E-state index contributed by atoms with van der Waals surface area (Å²) in [7, 11) is 0. The third-order valence-electron chi connectivity index (χ3n) is 2.69. The lowest BCUT2D eigenvalue weighted by Gasteiger charge is -2.17. The first kappa shape index (κ1) is 13.1. The van der Waals surface area contributed by atoms with Gasteiger partial charge in [-0.2, -0.15) is 0 Å². The van der Waals surface area contributed by atoms with E-state index in [-0.39, 0.29) is 19.1 Å². The lowest BCUT2D eigenvalue weighted by atomic mass is 10.0. The van der Waals surface area contributed by atoms with Gasteiger partial charge in [0.05, 0.1) is 0 Å². The van der Waals surface area contributed by atoms with Crippen molar-refractivity contribution < 1.29 is 19.1 Å². The minimum absolute atomic E-state index is 0.0224. The molecule has 0 unspecified atom stereocenters. The van der Waals surface area contributed by atoms with Gasteiger partial charge in [0.2, 0.25) is 5.91 Å². The number of aryl methyl sites for hydroxylation is 1. The summed E-state index contributed by atoms with van der Waals surface area (Å²) < 4.78 is 10.1. The Bertz CT molecular complexity index is 510. The van der Waals surface area contributed by atoms with E-state index in [1.54, 1.807) is 12.1 Å². The molecule has 0 fully saturated rings. The van der Waals surface area contributed by atoms with Gasteiger partial charge < -0.3 is 14.8 Å². The van der Waals surface area contributed by atoms with Crippen molar-refractivity contribution >= 4 is 17.6 Å². The maximum atomic E-state index is 11.3. The molecule has 0 saturated heterocycles. The van der Waals surface area contributed by atoms with Crippen LogP contribution < -0.4 is 10.1 Å².